The molecule has 2 nitrogen and oxygen atoms in total. The third kappa shape index (κ3) is 4.70. The Labute approximate surface area is 177 Å². The number of hydrogen-bond acceptors (Lipinski definition) is 2. The molecule has 0 aromatic heterocycles. The fourth-order valence-electron chi connectivity index (χ4n) is 6.44. The third-order valence-electron chi connectivity index (χ3n) is 8.29. The molecule has 4 atom stereocenters. The molecule has 5 heteroatoms. The molecule has 166 valence electrons. The first-order valence-electron chi connectivity index (χ1n) is 11.8. The van der Waals surface area contributed by atoms with Crippen LogP contribution in [0.3, 0.4) is 0 Å². The zero-order valence-electron chi connectivity index (χ0n) is 17.8. The van der Waals surface area contributed by atoms with Gasteiger partial charge >= 0.3 is 5.97 Å². The van der Waals surface area contributed by atoms with E-state index in [9.17, 15) is 18.0 Å². The van der Waals surface area contributed by atoms with Gasteiger partial charge < -0.3 is 4.74 Å². The molecule has 3 saturated carbocycles. The van der Waals surface area contributed by atoms with Crippen LogP contribution in [0.5, 0.6) is 5.75 Å². The van der Waals surface area contributed by atoms with Gasteiger partial charge in [0, 0.05) is 12.1 Å². The van der Waals surface area contributed by atoms with E-state index in [4.69, 9.17) is 4.74 Å². The molecule has 0 aliphatic heterocycles. The smallest absolute Gasteiger partial charge is 0.314 e. The number of esters is 1. The summed E-state index contributed by atoms with van der Waals surface area (Å²) in [6.45, 7) is 2.32. The van der Waals surface area contributed by atoms with Gasteiger partial charge in [0.05, 0.1) is 5.92 Å². The largest absolute Gasteiger partial charge is 0.426 e. The SMILES string of the molecule is CCC1CCC2CC(C3CCC(C(=O)Oc4cc(F)c(F)c(F)c4)CC3)CCC2C1. The number of benzene rings is 1. The summed E-state index contributed by atoms with van der Waals surface area (Å²) in [6, 6.07) is 1.46. The molecule has 0 bridgehead atoms. The quantitative estimate of drug-likeness (QED) is 0.295. The minimum Gasteiger partial charge on any atom is -0.426 e. The molecule has 0 saturated heterocycles. The monoisotopic (exact) mass is 422 g/mol. The molecule has 3 fully saturated rings. The first kappa shape index (κ1) is 21.7. The van der Waals surface area contributed by atoms with Crippen molar-refractivity contribution in [3.63, 3.8) is 0 Å². The van der Waals surface area contributed by atoms with E-state index in [1.54, 1.807) is 0 Å². The zero-order chi connectivity index (χ0) is 21.3. The standard InChI is InChI=1S/C25H33F3O2/c1-2-15-3-4-20-12-19(10-9-18(20)11-15)16-5-7-17(8-6-16)25(29)30-21-13-22(26)24(28)23(27)14-21/h13-20H,2-12H2,1H3. The van der Waals surface area contributed by atoms with Gasteiger partial charge in [-0.15, -0.1) is 0 Å². The van der Waals surface area contributed by atoms with Gasteiger partial charge in [-0.3, -0.25) is 4.79 Å². The lowest BCUT2D eigenvalue weighted by molar-refractivity contribution is -0.140. The summed E-state index contributed by atoms with van der Waals surface area (Å²) in [5.41, 5.74) is 0. The molecule has 0 N–H and O–H groups in total. The van der Waals surface area contributed by atoms with Gasteiger partial charge in [0.25, 0.3) is 0 Å². The van der Waals surface area contributed by atoms with E-state index in [-0.39, 0.29) is 11.7 Å². The maximum atomic E-state index is 13.3. The Kier molecular flexibility index (Phi) is 6.74. The summed E-state index contributed by atoms with van der Waals surface area (Å²) in [6.07, 6.45) is 13.2. The first-order chi connectivity index (χ1) is 14.4. The van der Waals surface area contributed by atoms with Gasteiger partial charge in [0.1, 0.15) is 5.75 Å². The number of fused-ring (bicyclic) bond motifs is 1. The van der Waals surface area contributed by atoms with Crippen LogP contribution in [0, 0.1) is 53.0 Å². The Morgan fingerprint density at radius 1 is 0.833 bits per heavy atom. The summed E-state index contributed by atoms with van der Waals surface area (Å²) >= 11 is 0. The van der Waals surface area contributed by atoms with Gasteiger partial charge in [0.15, 0.2) is 17.5 Å². The van der Waals surface area contributed by atoms with E-state index in [1.807, 2.05) is 0 Å². The van der Waals surface area contributed by atoms with Gasteiger partial charge in [0.2, 0.25) is 0 Å². The highest BCUT2D eigenvalue weighted by molar-refractivity contribution is 5.75. The van der Waals surface area contributed by atoms with E-state index in [2.05, 4.69) is 6.92 Å². The lowest BCUT2D eigenvalue weighted by Crippen LogP contribution is -2.35. The summed E-state index contributed by atoms with van der Waals surface area (Å²) in [5, 5.41) is 0. The molecule has 3 aliphatic rings. The van der Waals surface area contributed by atoms with E-state index in [0.717, 1.165) is 61.5 Å². The van der Waals surface area contributed by atoms with Crippen LogP contribution < -0.4 is 4.74 Å². The van der Waals surface area contributed by atoms with Crippen molar-refractivity contribution in [3.8, 4) is 5.75 Å². The van der Waals surface area contributed by atoms with E-state index >= 15 is 0 Å². The fourth-order valence-corrected chi connectivity index (χ4v) is 6.44. The Hall–Kier alpha value is -1.52. The van der Waals surface area contributed by atoms with Crippen LogP contribution in [0.4, 0.5) is 13.2 Å². The van der Waals surface area contributed by atoms with Gasteiger partial charge in [-0.1, -0.05) is 19.8 Å². The Morgan fingerprint density at radius 2 is 1.37 bits per heavy atom. The normalized spacial score (nSPS) is 34.3. The molecule has 0 spiro atoms. The van der Waals surface area contributed by atoms with E-state index in [1.165, 1.54) is 44.9 Å². The average molecular weight is 423 g/mol. The molecule has 3 aliphatic carbocycles. The maximum Gasteiger partial charge on any atom is 0.314 e. The molecule has 0 radical (unpaired) electrons. The van der Waals surface area contributed by atoms with Crippen molar-refractivity contribution in [2.24, 2.45) is 35.5 Å². The molecular formula is C25H33F3O2. The zero-order valence-corrected chi connectivity index (χ0v) is 17.8. The first-order valence-corrected chi connectivity index (χ1v) is 11.8. The van der Waals surface area contributed by atoms with Crippen LogP contribution in [-0.4, -0.2) is 5.97 Å². The minimum atomic E-state index is -1.55. The molecule has 1 aromatic carbocycles. The number of hydrogen-bond donors (Lipinski definition) is 0. The van der Waals surface area contributed by atoms with Crippen molar-refractivity contribution in [3.05, 3.63) is 29.6 Å². The molecule has 1 aromatic rings. The summed E-state index contributed by atoms with van der Waals surface area (Å²) in [7, 11) is 0. The van der Waals surface area contributed by atoms with Crippen LogP contribution in [-0.2, 0) is 4.79 Å². The van der Waals surface area contributed by atoms with Crippen molar-refractivity contribution in [2.75, 3.05) is 0 Å². The Balaban J connectivity index is 1.26. The lowest BCUT2D eigenvalue weighted by atomic mass is 9.61. The molecule has 4 rings (SSSR count). The predicted molar refractivity (Wildman–Crippen MR) is 109 cm³/mol. The van der Waals surface area contributed by atoms with Crippen molar-refractivity contribution in [2.45, 2.75) is 77.6 Å². The number of ether oxygens (including phenoxy) is 1. The number of halogens is 3. The second kappa shape index (κ2) is 9.32. The third-order valence-corrected chi connectivity index (χ3v) is 8.29. The van der Waals surface area contributed by atoms with Crippen molar-refractivity contribution in [1.82, 2.24) is 0 Å². The van der Waals surface area contributed by atoms with Crippen molar-refractivity contribution < 1.29 is 22.7 Å². The van der Waals surface area contributed by atoms with Gasteiger partial charge in [-0.25, -0.2) is 13.2 Å². The Bertz CT molecular complexity index is 734. The second-order valence-electron chi connectivity index (χ2n) is 9.91. The lowest BCUT2D eigenvalue weighted by Gasteiger charge is -2.45. The van der Waals surface area contributed by atoms with Crippen molar-refractivity contribution in [1.29, 1.82) is 0 Å². The minimum absolute atomic E-state index is 0.242. The van der Waals surface area contributed by atoms with E-state index in [0.29, 0.717) is 5.92 Å². The second-order valence-corrected chi connectivity index (χ2v) is 9.91. The maximum absolute atomic E-state index is 13.3. The fraction of sp³-hybridized carbons (Fsp3) is 0.720. The number of rotatable bonds is 4. The molecule has 4 unspecified atom stereocenters. The number of carbonyl (C=O) groups is 1. The van der Waals surface area contributed by atoms with E-state index < -0.39 is 23.4 Å². The van der Waals surface area contributed by atoms with Gasteiger partial charge in [-0.05, 0) is 87.4 Å². The molecule has 0 amide bonds. The summed E-state index contributed by atoms with van der Waals surface area (Å²) < 4.78 is 44.9. The summed E-state index contributed by atoms with van der Waals surface area (Å²) in [4.78, 5) is 12.4. The van der Waals surface area contributed by atoms with Crippen LogP contribution in [0.1, 0.15) is 77.6 Å². The molecule has 30 heavy (non-hydrogen) atoms. The molecular weight excluding hydrogens is 389 g/mol. The highest BCUT2D eigenvalue weighted by Gasteiger charge is 2.39. The van der Waals surface area contributed by atoms with Crippen molar-refractivity contribution >= 4 is 5.97 Å². The van der Waals surface area contributed by atoms with Crippen LogP contribution >= 0.6 is 0 Å². The molecule has 0 heterocycles. The highest BCUT2D eigenvalue weighted by atomic mass is 19.2. The van der Waals surface area contributed by atoms with Crippen LogP contribution in [0.2, 0.25) is 0 Å². The summed E-state index contributed by atoms with van der Waals surface area (Å²) in [5.74, 6) is -0.967. The predicted octanol–water partition coefficient (Wildman–Crippen LogP) is 7.06. The van der Waals surface area contributed by atoms with Gasteiger partial charge in [-0.2, -0.15) is 0 Å². The highest BCUT2D eigenvalue weighted by Crippen LogP contribution is 2.49. The Morgan fingerprint density at radius 3 is 2.00 bits per heavy atom. The topological polar surface area (TPSA) is 26.3 Å². The van der Waals surface area contributed by atoms with Crippen LogP contribution in [0.15, 0.2) is 12.1 Å². The number of carbonyl (C=O) groups excluding carboxylic acids is 1. The average Bonchev–Trinajstić information content (AvgIpc) is 2.76. The van der Waals surface area contributed by atoms with Crippen LogP contribution in [0.25, 0.3) is 0 Å².